The molecule has 1 amide bonds. The highest BCUT2D eigenvalue weighted by Gasteiger charge is 2.28. The van der Waals surface area contributed by atoms with Crippen molar-refractivity contribution in [3.63, 3.8) is 0 Å². The van der Waals surface area contributed by atoms with Crippen LogP contribution in [0.1, 0.15) is 32.6 Å². The number of carbonyl (C=O) groups excluding carboxylic acids is 1. The number of nitrogens with one attached hydrogen (secondary N) is 1. The minimum Gasteiger partial charge on any atom is -0.356 e. The van der Waals surface area contributed by atoms with Gasteiger partial charge in [0.1, 0.15) is 0 Å². The van der Waals surface area contributed by atoms with Gasteiger partial charge in [0, 0.05) is 58.2 Å². The summed E-state index contributed by atoms with van der Waals surface area (Å²) in [7, 11) is 0. The highest BCUT2D eigenvalue weighted by atomic mass is 16.1. The normalized spacial score (nSPS) is 20.3. The van der Waals surface area contributed by atoms with Gasteiger partial charge in [-0.25, -0.2) is 9.97 Å². The minimum absolute atomic E-state index is 0.00239. The van der Waals surface area contributed by atoms with Gasteiger partial charge in [-0.15, -0.1) is 0 Å². The van der Waals surface area contributed by atoms with Crippen LogP contribution in [0.2, 0.25) is 0 Å². The predicted molar refractivity (Wildman–Crippen MR) is 136 cm³/mol. The fourth-order valence-electron chi connectivity index (χ4n) is 5.42. The number of fused-ring (bicyclic) bond motifs is 3. The Morgan fingerprint density at radius 3 is 2.68 bits per heavy atom. The molecule has 0 unspecified atom stereocenters. The minimum atomic E-state index is 0.00239. The van der Waals surface area contributed by atoms with Crippen LogP contribution in [0.25, 0.3) is 16.7 Å². The van der Waals surface area contributed by atoms with Gasteiger partial charge in [0.15, 0.2) is 11.5 Å². The third-order valence-corrected chi connectivity index (χ3v) is 7.26. The first-order valence-corrected chi connectivity index (χ1v) is 12.9. The number of anilines is 1. The van der Waals surface area contributed by atoms with Crippen molar-refractivity contribution in [1.82, 2.24) is 29.5 Å². The van der Waals surface area contributed by atoms with Crippen molar-refractivity contribution >= 4 is 28.4 Å². The molecule has 0 aliphatic carbocycles. The van der Waals surface area contributed by atoms with E-state index in [0.717, 1.165) is 74.5 Å². The summed E-state index contributed by atoms with van der Waals surface area (Å²) in [6.45, 7) is 11.5. The van der Waals surface area contributed by atoms with Crippen LogP contribution in [-0.2, 0) is 4.79 Å². The molecule has 1 atom stereocenters. The van der Waals surface area contributed by atoms with E-state index in [1.807, 2.05) is 18.2 Å². The fraction of sp³-hybridized carbons (Fsp3) is 0.577. The summed E-state index contributed by atoms with van der Waals surface area (Å²) in [6, 6.07) is 8.13. The first kappa shape index (κ1) is 23.1. The molecule has 2 fully saturated rings. The first-order valence-electron chi connectivity index (χ1n) is 12.9. The van der Waals surface area contributed by atoms with E-state index in [1.165, 1.54) is 26.1 Å². The Hall–Kier alpha value is -2.71. The molecule has 0 bridgehead atoms. The topological polar surface area (TPSA) is 69.0 Å². The van der Waals surface area contributed by atoms with E-state index in [1.54, 1.807) is 6.20 Å². The molecule has 3 aromatic rings. The maximum absolute atomic E-state index is 13.0. The number of nitrogens with zero attached hydrogens (tertiary/aromatic N) is 6. The average Bonchev–Trinajstić information content (AvgIpc) is 3.38. The molecule has 0 spiro atoms. The first-order chi connectivity index (χ1) is 16.7. The summed E-state index contributed by atoms with van der Waals surface area (Å²) in [5.41, 5.74) is 2.81. The zero-order chi connectivity index (χ0) is 23.3. The highest BCUT2D eigenvalue weighted by Crippen LogP contribution is 2.28. The van der Waals surface area contributed by atoms with Crippen LogP contribution in [0.4, 0.5) is 5.82 Å². The second kappa shape index (κ2) is 10.7. The molecule has 0 aromatic carbocycles. The Kier molecular flexibility index (Phi) is 7.25. The summed E-state index contributed by atoms with van der Waals surface area (Å²) >= 11 is 0. The SMILES string of the molecule is CCCN1CCN(CCCNC(=O)[C@H]2CCCN(c3nc4ncccc4n4cccc34)C2)CC1. The van der Waals surface area contributed by atoms with Crippen molar-refractivity contribution < 1.29 is 4.79 Å². The summed E-state index contributed by atoms with van der Waals surface area (Å²) < 4.78 is 2.15. The van der Waals surface area contributed by atoms with Crippen LogP contribution < -0.4 is 10.2 Å². The Bertz CT molecular complexity index is 1100. The van der Waals surface area contributed by atoms with Gasteiger partial charge >= 0.3 is 0 Å². The number of hydrogen-bond donors (Lipinski definition) is 1. The lowest BCUT2D eigenvalue weighted by molar-refractivity contribution is -0.125. The molecule has 2 aliphatic heterocycles. The summed E-state index contributed by atoms with van der Waals surface area (Å²) in [5, 5.41) is 3.21. The fourth-order valence-corrected chi connectivity index (χ4v) is 5.42. The van der Waals surface area contributed by atoms with E-state index in [-0.39, 0.29) is 11.8 Å². The molecule has 8 nitrogen and oxygen atoms in total. The van der Waals surface area contributed by atoms with Gasteiger partial charge in [-0.1, -0.05) is 6.92 Å². The zero-order valence-electron chi connectivity index (χ0n) is 20.3. The number of amides is 1. The van der Waals surface area contributed by atoms with Gasteiger partial charge < -0.3 is 24.4 Å². The van der Waals surface area contributed by atoms with Crippen molar-refractivity contribution in [3.8, 4) is 0 Å². The van der Waals surface area contributed by atoms with Crippen LogP contribution >= 0.6 is 0 Å². The van der Waals surface area contributed by atoms with Crippen LogP contribution in [0.5, 0.6) is 0 Å². The van der Waals surface area contributed by atoms with Crippen LogP contribution in [0.15, 0.2) is 36.7 Å². The quantitative estimate of drug-likeness (QED) is 0.518. The maximum Gasteiger partial charge on any atom is 0.224 e. The Morgan fingerprint density at radius 2 is 1.85 bits per heavy atom. The van der Waals surface area contributed by atoms with Crippen molar-refractivity contribution in [3.05, 3.63) is 36.7 Å². The van der Waals surface area contributed by atoms with E-state index in [0.29, 0.717) is 6.54 Å². The summed E-state index contributed by atoms with van der Waals surface area (Å²) in [4.78, 5) is 29.7. The number of pyridine rings is 1. The van der Waals surface area contributed by atoms with Gasteiger partial charge in [-0.05, 0) is 63.0 Å². The standard InChI is InChI=1S/C26H37N7O/c1-2-12-30-16-18-31(19-17-30)13-6-11-28-26(34)21-7-4-14-32(20-21)25-23-9-5-15-33(23)22-8-3-10-27-24(22)29-25/h3,5,8-10,15,21H,2,4,6-7,11-14,16-20H2,1H3,(H,28,34)/t21-/m0/s1. The van der Waals surface area contributed by atoms with E-state index in [4.69, 9.17) is 4.98 Å². The lowest BCUT2D eigenvalue weighted by atomic mass is 9.97. The van der Waals surface area contributed by atoms with Crippen molar-refractivity contribution in [2.45, 2.75) is 32.6 Å². The third-order valence-electron chi connectivity index (χ3n) is 7.26. The molecule has 8 heteroatoms. The monoisotopic (exact) mass is 463 g/mol. The lowest BCUT2D eigenvalue weighted by Crippen LogP contribution is -2.47. The molecule has 2 saturated heterocycles. The number of rotatable bonds is 8. The highest BCUT2D eigenvalue weighted by molar-refractivity contribution is 5.84. The smallest absolute Gasteiger partial charge is 0.224 e. The third kappa shape index (κ3) is 5.03. The van der Waals surface area contributed by atoms with E-state index >= 15 is 0 Å². The number of piperidine rings is 1. The van der Waals surface area contributed by atoms with Gasteiger partial charge in [-0.3, -0.25) is 4.79 Å². The predicted octanol–water partition coefficient (Wildman–Crippen LogP) is 2.63. The largest absolute Gasteiger partial charge is 0.356 e. The number of piperazine rings is 1. The van der Waals surface area contributed by atoms with E-state index in [9.17, 15) is 4.79 Å². The molecular formula is C26H37N7O. The molecule has 182 valence electrons. The zero-order valence-corrected chi connectivity index (χ0v) is 20.3. The maximum atomic E-state index is 13.0. The molecule has 34 heavy (non-hydrogen) atoms. The number of hydrogen-bond acceptors (Lipinski definition) is 6. The Labute approximate surface area is 201 Å². The summed E-state index contributed by atoms with van der Waals surface area (Å²) in [5.74, 6) is 1.11. The van der Waals surface area contributed by atoms with Gasteiger partial charge in [-0.2, -0.15) is 0 Å². The average molecular weight is 464 g/mol. The van der Waals surface area contributed by atoms with Gasteiger partial charge in [0.25, 0.3) is 0 Å². The Morgan fingerprint density at radius 1 is 1.06 bits per heavy atom. The number of aromatic nitrogens is 3. The van der Waals surface area contributed by atoms with E-state index < -0.39 is 0 Å². The van der Waals surface area contributed by atoms with Crippen LogP contribution in [0, 0.1) is 5.92 Å². The lowest BCUT2D eigenvalue weighted by Gasteiger charge is -2.34. The molecule has 5 rings (SSSR count). The molecule has 5 heterocycles. The van der Waals surface area contributed by atoms with Gasteiger partial charge in [0.2, 0.25) is 5.91 Å². The molecule has 1 N–H and O–H groups in total. The molecule has 2 aliphatic rings. The molecule has 3 aromatic heterocycles. The van der Waals surface area contributed by atoms with Gasteiger partial charge in [0.05, 0.1) is 17.0 Å². The molecular weight excluding hydrogens is 426 g/mol. The Balaban J connectivity index is 1.14. The molecule has 0 radical (unpaired) electrons. The van der Waals surface area contributed by atoms with Crippen LogP contribution in [0.3, 0.4) is 0 Å². The van der Waals surface area contributed by atoms with Crippen molar-refractivity contribution in [2.75, 3.05) is 63.8 Å². The number of carbonyl (C=O) groups is 1. The van der Waals surface area contributed by atoms with E-state index in [2.05, 4.69) is 48.6 Å². The second-order valence-electron chi connectivity index (χ2n) is 9.66. The molecule has 0 saturated carbocycles. The summed E-state index contributed by atoms with van der Waals surface area (Å²) in [6.07, 6.45) is 8.02. The van der Waals surface area contributed by atoms with Crippen molar-refractivity contribution in [1.29, 1.82) is 0 Å². The second-order valence-corrected chi connectivity index (χ2v) is 9.66. The van der Waals surface area contributed by atoms with Crippen molar-refractivity contribution in [2.24, 2.45) is 5.92 Å². The van der Waals surface area contributed by atoms with Crippen LogP contribution in [-0.4, -0.2) is 89.0 Å².